The van der Waals surface area contributed by atoms with E-state index in [-0.39, 0.29) is 30.2 Å². The molecule has 2 heterocycles. The molecule has 0 spiro atoms. The van der Waals surface area contributed by atoms with E-state index >= 15 is 0 Å². The van der Waals surface area contributed by atoms with Gasteiger partial charge in [-0.1, -0.05) is 60.2 Å². The summed E-state index contributed by atoms with van der Waals surface area (Å²) in [7, 11) is 0. The summed E-state index contributed by atoms with van der Waals surface area (Å²) in [6, 6.07) is 17.7. The Morgan fingerprint density at radius 2 is 1.62 bits per heavy atom. The monoisotopic (exact) mass is 280 g/mol. The molecule has 4 unspecified atom stereocenters. The van der Waals surface area contributed by atoms with E-state index in [4.69, 9.17) is 9.47 Å². The van der Waals surface area contributed by atoms with Crippen LogP contribution in [0.1, 0.15) is 27.6 Å². The summed E-state index contributed by atoms with van der Waals surface area (Å²) in [6.45, 7) is 2.01. The first kappa shape index (κ1) is 12.7. The average molecular weight is 280 g/mol. The minimum Gasteiger partial charge on any atom is -0.362 e. The standard InChI is InChI=1S/C18H16O3/c1-11-7-9-12(10-8-11)14(19)16-18(21-16)17-15(20-17)13-5-3-2-4-6-13/h2-10,15-18H,1H3. The molecule has 21 heavy (non-hydrogen) atoms. The molecule has 0 aliphatic carbocycles. The first-order chi connectivity index (χ1) is 10.2. The third-order valence-electron chi connectivity index (χ3n) is 4.10. The second kappa shape index (κ2) is 4.79. The molecule has 0 radical (unpaired) electrons. The van der Waals surface area contributed by atoms with Crippen LogP contribution in [0.2, 0.25) is 0 Å². The lowest BCUT2D eigenvalue weighted by atomic mass is 10.0. The van der Waals surface area contributed by atoms with Crippen LogP contribution >= 0.6 is 0 Å². The molecule has 2 aromatic carbocycles. The molecule has 0 N–H and O–H groups in total. The van der Waals surface area contributed by atoms with Gasteiger partial charge < -0.3 is 9.47 Å². The highest BCUT2D eigenvalue weighted by Gasteiger charge is 2.60. The lowest BCUT2D eigenvalue weighted by Gasteiger charge is -1.97. The molecular formula is C18H16O3. The van der Waals surface area contributed by atoms with Crippen molar-refractivity contribution in [2.45, 2.75) is 31.3 Å². The van der Waals surface area contributed by atoms with Crippen LogP contribution in [0, 0.1) is 6.92 Å². The first-order valence-corrected chi connectivity index (χ1v) is 7.21. The molecule has 2 aromatic rings. The summed E-state index contributed by atoms with van der Waals surface area (Å²) >= 11 is 0. The van der Waals surface area contributed by atoms with Crippen molar-refractivity contribution < 1.29 is 14.3 Å². The third-order valence-corrected chi connectivity index (χ3v) is 4.10. The van der Waals surface area contributed by atoms with Gasteiger partial charge in [-0.2, -0.15) is 0 Å². The zero-order chi connectivity index (χ0) is 14.4. The summed E-state index contributed by atoms with van der Waals surface area (Å²) in [4.78, 5) is 12.3. The molecule has 4 rings (SSSR count). The lowest BCUT2D eigenvalue weighted by Crippen LogP contribution is -2.13. The van der Waals surface area contributed by atoms with Crippen molar-refractivity contribution in [1.29, 1.82) is 0 Å². The van der Waals surface area contributed by atoms with E-state index in [2.05, 4.69) is 0 Å². The average Bonchev–Trinajstić information content (AvgIpc) is 3.40. The van der Waals surface area contributed by atoms with Crippen LogP contribution in [0.15, 0.2) is 54.6 Å². The maximum absolute atomic E-state index is 12.3. The number of hydrogen-bond acceptors (Lipinski definition) is 3. The van der Waals surface area contributed by atoms with Gasteiger partial charge >= 0.3 is 0 Å². The van der Waals surface area contributed by atoms with Crippen LogP contribution in [0.5, 0.6) is 0 Å². The van der Waals surface area contributed by atoms with Crippen LogP contribution in [0.3, 0.4) is 0 Å². The fourth-order valence-corrected chi connectivity index (χ4v) is 2.75. The van der Waals surface area contributed by atoms with Crippen molar-refractivity contribution in [2.24, 2.45) is 0 Å². The van der Waals surface area contributed by atoms with Crippen LogP contribution < -0.4 is 0 Å². The van der Waals surface area contributed by atoms with E-state index in [1.54, 1.807) is 0 Å². The SMILES string of the molecule is Cc1ccc(C(=O)C2OC2C2OC2c2ccccc2)cc1. The fraction of sp³-hybridized carbons (Fsp3) is 0.278. The maximum Gasteiger partial charge on any atom is 0.194 e. The van der Waals surface area contributed by atoms with Crippen molar-refractivity contribution in [3.05, 3.63) is 71.3 Å². The Morgan fingerprint density at radius 1 is 0.905 bits per heavy atom. The summed E-state index contributed by atoms with van der Waals surface area (Å²) in [5, 5.41) is 0. The van der Waals surface area contributed by atoms with Crippen molar-refractivity contribution in [1.82, 2.24) is 0 Å². The molecule has 3 heteroatoms. The molecule has 0 bridgehead atoms. The fourth-order valence-electron chi connectivity index (χ4n) is 2.75. The predicted molar refractivity (Wildman–Crippen MR) is 78.2 cm³/mol. The van der Waals surface area contributed by atoms with E-state index < -0.39 is 0 Å². The number of aryl methyl sites for hydroxylation is 1. The van der Waals surface area contributed by atoms with Gasteiger partial charge in [-0.05, 0) is 12.5 Å². The number of ether oxygens (including phenoxy) is 2. The Kier molecular flexibility index (Phi) is 2.91. The topological polar surface area (TPSA) is 42.1 Å². The summed E-state index contributed by atoms with van der Waals surface area (Å²) < 4.78 is 11.2. The predicted octanol–water partition coefficient (Wildman–Crippen LogP) is 3.09. The Labute approximate surface area is 123 Å². The van der Waals surface area contributed by atoms with Gasteiger partial charge in [0.05, 0.1) is 0 Å². The highest BCUT2D eigenvalue weighted by atomic mass is 16.7. The van der Waals surface area contributed by atoms with Gasteiger partial charge in [0.25, 0.3) is 0 Å². The van der Waals surface area contributed by atoms with Crippen LogP contribution in [-0.2, 0) is 9.47 Å². The Balaban J connectivity index is 1.41. The molecular weight excluding hydrogens is 264 g/mol. The number of carbonyl (C=O) groups excluding carboxylic acids is 1. The van der Waals surface area contributed by atoms with Gasteiger partial charge in [0.2, 0.25) is 0 Å². The molecule has 0 amide bonds. The minimum absolute atomic E-state index is 0.0202. The summed E-state index contributed by atoms with van der Waals surface area (Å²) in [6.07, 6.45) is -0.339. The van der Waals surface area contributed by atoms with Gasteiger partial charge in [-0.15, -0.1) is 0 Å². The Bertz CT molecular complexity index is 663. The van der Waals surface area contributed by atoms with Crippen molar-refractivity contribution in [2.75, 3.05) is 0 Å². The normalized spacial score (nSPS) is 30.0. The Hall–Kier alpha value is -1.97. The van der Waals surface area contributed by atoms with Gasteiger partial charge in [0, 0.05) is 5.56 Å². The summed E-state index contributed by atoms with van der Waals surface area (Å²) in [5.74, 6) is 0.0577. The van der Waals surface area contributed by atoms with E-state index in [9.17, 15) is 4.79 Å². The number of rotatable bonds is 4. The Morgan fingerprint density at radius 3 is 2.33 bits per heavy atom. The van der Waals surface area contributed by atoms with E-state index in [0.717, 1.165) is 11.1 Å². The maximum atomic E-state index is 12.3. The number of carbonyl (C=O) groups is 1. The quantitative estimate of drug-likeness (QED) is 0.638. The highest BCUT2D eigenvalue weighted by Crippen LogP contribution is 2.48. The van der Waals surface area contributed by atoms with E-state index in [0.29, 0.717) is 5.56 Å². The van der Waals surface area contributed by atoms with Gasteiger partial charge in [-0.3, -0.25) is 4.79 Å². The number of benzene rings is 2. The second-order valence-corrected chi connectivity index (χ2v) is 5.68. The van der Waals surface area contributed by atoms with Gasteiger partial charge in [-0.25, -0.2) is 0 Å². The number of Topliss-reactive ketones (excluding diaryl/α,β-unsaturated/α-hetero) is 1. The molecule has 2 fully saturated rings. The van der Waals surface area contributed by atoms with E-state index in [1.807, 2.05) is 61.5 Å². The van der Waals surface area contributed by atoms with Gasteiger partial charge in [0.15, 0.2) is 5.78 Å². The van der Waals surface area contributed by atoms with Gasteiger partial charge in [0.1, 0.15) is 24.4 Å². The molecule has 3 nitrogen and oxygen atoms in total. The zero-order valence-corrected chi connectivity index (χ0v) is 11.7. The summed E-state index contributed by atoms with van der Waals surface area (Å²) in [5.41, 5.74) is 3.01. The molecule has 2 aliphatic rings. The zero-order valence-electron chi connectivity index (χ0n) is 11.7. The molecule has 106 valence electrons. The third kappa shape index (κ3) is 2.39. The number of epoxide rings is 2. The molecule has 4 atom stereocenters. The van der Waals surface area contributed by atoms with Crippen LogP contribution in [-0.4, -0.2) is 24.1 Å². The largest absolute Gasteiger partial charge is 0.362 e. The van der Waals surface area contributed by atoms with Crippen molar-refractivity contribution >= 4 is 5.78 Å². The van der Waals surface area contributed by atoms with Crippen molar-refractivity contribution in [3.8, 4) is 0 Å². The number of hydrogen-bond donors (Lipinski definition) is 0. The molecule has 0 aromatic heterocycles. The first-order valence-electron chi connectivity index (χ1n) is 7.21. The molecule has 2 aliphatic heterocycles. The van der Waals surface area contributed by atoms with Crippen molar-refractivity contribution in [3.63, 3.8) is 0 Å². The van der Waals surface area contributed by atoms with Crippen LogP contribution in [0.4, 0.5) is 0 Å². The molecule has 2 saturated heterocycles. The smallest absolute Gasteiger partial charge is 0.194 e. The van der Waals surface area contributed by atoms with Crippen LogP contribution in [0.25, 0.3) is 0 Å². The lowest BCUT2D eigenvalue weighted by molar-refractivity contribution is 0.0953. The molecule has 0 saturated carbocycles. The minimum atomic E-state index is -0.341. The van der Waals surface area contributed by atoms with E-state index in [1.165, 1.54) is 0 Å². The number of ketones is 1. The second-order valence-electron chi connectivity index (χ2n) is 5.68. The highest BCUT2D eigenvalue weighted by molar-refractivity contribution is 6.01.